The molecular formula is C15H23N. The number of aryl methyl sites for hydroxylation is 1. The Kier molecular flexibility index (Phi) is 5.24. The molecular weight excluding hydrogens is 194 g/mol. The van der Waals surface area contributed by atoms with Crippen molar-refractivity contribution >= 4 is 0 Å². The molecule has 16 heavy (non-hydrogen) atoms. The second-order valence-corrected chi connectivity index (χ2v) is 4.70. The highest BCUT2D eigenvalue weighted by Crippen LogP contribution is 2.36. The molecule has 1 aromatic heterocycles. The first-order valence-corrected chi connectivity index (χ1v) is 6.18. The molecule has 1 aromatic rings. The van der Waals surface area contributed by atoms with Crippen molar-refractivity contribution in [2.45, 2.75) is 45.4 Å². The molecule has 0 aliphatic heterocycles. The number of hydrogen-bond donors (Lipinski definition) is 0. The molecule has 1 nitrogen and oxygen atoms in total. The molecule has 2 rings (SSSR count). The molecule has 1 aliphatic rings. The monoisotopic (exact) mass is 217 g/mol. The first-order chi connectivity index (χ1) is 7.77. The molecule has 0 bridgehead atoms. The van der Waals surface area contributed by atoms with Crippen LogP contribution in [0.5, 0.6) is 0 Å². The molecule has 1 heterocycles. The molecule has 1 saturated carbocycles. The summed E-state index contributed by atoms with van der Waals surface area (Å²) in [4.78, 5) is 4.16. The number of pyridine rings is 1. The van der Waals surface area contributed by atoms with Crippen LogP contribution in [-0.2, 0) is 0 Å². The van der Waals surface area contributed by atoms with Crippen LogP contribution in [0.4, 0.5) is 0 Å². The second-order valence-electron chi connectivity index (χ2n) is 4.70. The molecule has 88 valence electrons. The van der Waals surface area contributed by atoms with Gasteiger partial charge < -0.3 is 0 Å². The van der Waals surface area contributed by atoms with E-state index >= 15 is 0 Å². The maximum atomic E-state index is 4.16. The molecule has 0 N–H and O–H groups in total. The maximum absolute atomic E-state index is 4.16. The van der Waals surface area contributed by atoms with Crippen LogP contribution in [0.15, 0.2) is 31.6 Å². The minimum atomic E-state index is 0.793. The van der Waals surface area contributed by atoms with E-state index in [1.807, 2.05) is 12.4 Å². The average molecular weight is 217 g/mol. The Balaban J connectivity index is 0.000000606. The predicted molar refractivity (Wildman–Crippen MR) is 70.6 cm³/mol. The van der Waals surface area contributed by atoms with Crippen molar-refractivity contribution in [3.8, 4) is 0 Å². The minimum Gasteiger partial charge on any atom is -0.264 e. The van der Waals surface area contributed by atoms with E-state index in [1.54, 1.807) is 0 Å². The van der Waals surface area contributed by atoms with Gasteiger partial charge in [0.1, 0.15) is 0 Å². The van der Waals surface area contributed by atoms with Gasteiger partial charge in [0.15, 0.2) is 0 Å². The summed E-state index contributed by atoms with van der Waals surface area (Å²) in [5.41, 5.74) is 2.90. The third kappa shape index (κ3) is 3.19. The zero-order valence-corrected chi connectivity index (χ0v) is 10.6. The largest absolute Gasteiger partial charge is 0.264 e. The number of aromatic nitrogens is 1. The fourth-order valence-corrected chi connectivity index (χ4v) is 2.66. The van der Waals surface area contributed by atoms with Gasteiger partial charge in [-0.15, -0.1) is 13.2 Å². The van der Waals surface area contributed by atoms with Gasteiger partial charge in [-0.05, 0) is 48.8 Å². The van der Waals surface area contributed by atoms with Gasteiger partial charge >= 0.3 is 0 Å². The van der Waals surface area contributed by atoms with Crippen molar-refractivity contribution in [1.29, 1.82) is 0 Å². The summed E-state index contributed by atoms with van der Waals surface area (Å²) in [6.07, 6.45) is 9.48. The van der Waals surface area contributed by atoms with Gasteiger partial charge in [-0.2, -0.15) is 0 Å². The van der Waals surface area contributed by atoms with E-state index in [9.17, 15) is 0 Å². The number of nitrogens with zero attached hydrogens (tertiary/aromatic N) is 1. The summed E-state index contributed by atoms with van der Waals surface area (Å²) in [5, 5.41) is 0. The molecule has 1 aliphatic carbocycles. The van der Waals surface area contributed by atoms with Crippen molar-refractivity contribution in [3.63, 3.8) is 0 Å². The van der Waals surface area contributed by atoms with E-state index < -0.39 is 0 Å². The number of rotatable bonds is 1. The van der Waals surface area contributed by atoms with Crippen molar-refractivity contribution in [1.82, 2.24) is 4.98 Å². The predicted octanol–water partition coefficient (Wildman–Crippen LogP) is 4.49. The lowest BCUT2D eigenvalue weighted by Crippen LogP contribution is -2.12. The molecule has 2 unspecified atom stereocenters. The Hall–Kier alpha value is -1.11. The lowest BCUT2D eigenvalue weighted by atomic mass is 9.78. The van der Waals surface area contributed by atoms with Gasteiger partial charge in [0.05, 0.1) is 0 Å². The van der Waals surface area contributed by atoms with Crippen molar-refractivity contribution < 1.29 is 0 Å². The second kappa shape index (κ2) is 6.47. The van der Waals surface area contributed by atoms with Crippen LogP contribution in [0.3, 0.4) is 0 Å². The third-order valence-corrected chi connectivity index (χ3v) is 3.44. The van der Waals surface area contributed by atoms with Crippen LogP contribution in [0.25, 0.3) is 0 Å². The molecule has 1 heteroatoms. The highest BCUT2D eigenvalue weighted by Gasteiger charge is 2.21. The molecule has 0 spiro atoms. The Bertz CT molecular complexity index is 319. The summed E-state index contributed by atoms with van der Waals surface area (Å²) >= 11 is 0. The highest BCUT2D eigenvalue weighted by atomic mass is 14.6. The lowest BCUT2D eigenvalue weighted by molar-refractivity contribution is 0.343. The summed E-state index contributed by atoms with van der Waals surface area (Å²) in [5.74, 6) is 1.70. The highest BCUT2D eigenvalue weighted by molar-refractivity contribution is 5.26. The van der Waals surface area contributed by atoms with Gasteiger partial charge in [-0.3, -0.25) is 4.98 Å². The minimum absolute atomic E-state index is 0.793. The Morgan fingerprint density at radius 1 is 1.31 bits per heavy atom. The van der Waals surface area contributed by atoms with Crippen molar-refractivity contribution in [3.05, 3.63) is 42.7 Å². The van der Waals surface area contributed by atoms with Crippen LogP contribution in [0.2, 0.25) is 0 Å². The standard InChI is InChI=1S/C13H19N.C2H4/c1-10-4-3-5-12(8-10)13-6-7-14-9-11(13)2;1-2/h6-7,9-10,12H,3-5,8H2,1-2H3;1-2H2. The van der Waals surface area contributed by atoms with Crippen LogP contribution in [0, 0.1) is 12.8 Å². The van der Waals surface area contributed by atoms with E-state index in [4.69, 9.17) is 0 Å². The van der Waals surface area contributed by atoms with Gasteiger partial charge in [-0.1, -0.05) is 19.8 Å². The Morgan fingerprint density at radius 2 is 2.06 bits per heavy atom. The maximum Gasteiger partial charge on any atom is 0.0299 e. The Labute approximate surface area is 99.6 Å². The van der Waals surface area contributed by atoms with Crippen LogP contribution >= 0.6 is 0 Å². The third-order valence-electron chi connectivity index (χ3n) is 3.44. The summed E-state index contributed by atoms with van der Waals surface area (Å²) in [7, 11) is 0. The van der Waals surface area contributed by atoms with Crippen LogP contribution < -0.4 is 0 Å². The summed E-state index contributed by atoms with van der Waals surface area (Å²) < 4.78 is 0. The quantitative estimate of drug-likeness (QED) is 0.632. The van der Waals surface area contributed by atoms with Crippen molar-refractivity contribution in [2.24, 2.45) is 5.92 Å². The summed E-state index contributed by atoms with van der Waals surface area (Å²) in [6, 6.07) is 2.21. The first-order valence-electron chi connectivity index (χ1n) is 6.18. The molecule has 0 aromatic carbocycles. The first kappa shape index (κ1) is 13.0. The average Bonchev–Trinajstić information content (AvgIpc) is 2.32. The smallest absolute Gasteiger partial charge is 0.0299 e. The fourth-order valence-electron chi connectivity index (χ4n) is 2.66. The normalized spacial score (nSPS) is 24.4. The zero-order chi connectivity index (χ0) is 12.0. The van der Waals surface area contributed by atoms with Crippen molar-refractivity contribution in [2.75, 3.05) is 0 Å². The summed E-state index contributed by atoms with van der Waals surface area (Å²) in [6.45, 7) is 10.6. The van der Waals surface area contributed by atoms with E-state index in [1.165, 1.54) is 36.8 Å². The molecule has 0 saturated heterocycles. The molecule has 0 amide bonds. The van der Waals surface area contributed by atoms with E-state index in [0.717, 1.165) is 11.8 Å². The van der Waals surface area contributed by atoms with Gasteiger partial charge in [0.2, 0.25) is 0 Å². The van der Waals surface area contributed by atoms with Gasteiger partial charge in [0, 0.05) is 12.4 Å². The fraction of sp³-hybridized carbons (Fsp3) is 0.533. The van der Waals surface area contributed by atoms with Gasteiger partial charge in [-0.25, -0.2) is 0 Å². The van der Waals surface area contributed by atoms with E-state index in [-0.39, 0.29) is 0 Å². The number of hydrogen-bond acceptors (Lipinski definition) is 1. The molecule has 1 fully saturated rings. The topological polar surface area (TPSA) is 12.9 Å². The molecule has 2 atom stereocenters. The van der Waals surface area contributed by atoms with Crippen LogP contribution in [0.1, 0.15) is 49.7 Å². The zero-order valence-electron chi connectivity index (χ0n) is 10.6. The van der Waals surface area contributed by atoms with E-state index in [0.29, 0.717) is 0 Å². The SMILES string of the molecule is C=C.Cc1cnccc1C1CCCC(C)C1. The molecule has 0 radical (unpaired) electrons. The van der Waals surface area contributed by atoms with E-state index in [2.05, 4.69) is 38.1 Å². The van der Waals surface area contributed by atoms with Gasteiger partial charge in [0.25, 0.3) is 0 Å². The Morgan fingerprint density at radius 3 is 2.69 bits per heavy atom. The lowest BCUT2D eigenvalue weighted by Gasteiger charge is -2.27. The van der Waals surface area contributed by atoms with Crippen LogP contribution in [-0.4, -0.2) is 4.98 Å².